The maximum absolute atomic E-state index is 14.1. The number of Topliss-reactive ketones (excluding diaryl/α,β-unsaturated/α-hetero) is 1. The number of aromatic hydroxyl groups is 1. The van der Waals surface area contributed by atoms with Crippen molar-refractivity contribution in [2.75, 3.05) is 33.8 Å². The van der Waals surface area contributed by atoms with Crippen LogP contribution in [0, 0.1) is 40.7 Å². The summed E-state index contributed by atoms with van der Waals surface area (Å²) in [5, 5.41) is 55.7. The average Bonchev–Trinajstić information content (AvgIpc) is 3.64. The van der Waals surface area contributed by atoms with Gasteiger partial charge < -0.3 is 44.5 Å². The summed E-state index contributed by atoms with van der Waals surface area (Å²) in [4.78, 5) is 54.9. The number of hydrogen-bond acceptors (Lipinski definition) is 11. The van der Waals surface area contributed by atoms with Gasteiger partial charge in [-0.25, -0.2) is 14.0 Å². The highest BCUT2D eigenvalue weighted by Crippen LogP contribution is 2.76. The van der Waals surface area contributed by atoms with Gasteiger partial charge in [-0.05, 0) is 43.0 Å². The lowest BCUT2D eigenvalue weighted by Crippen LogP contribution is -2.65. The summed E-state index contributed by atoms with van der Waals surface area (Å²) in [7, 11) is 3.21. The normalized spacial score (nSPS) is 30.1. The number of phenolic OH excluding ortho intramolecular Hbond substituents is 1. The Hall–Kier alpha value is -4.18. The Morgan fingerprint density at radius 3 is 2.07 bits per heavy atom. The van der Waals surface area contributed by atoms with E-state index in [1.54, 1.807) is 40.1 Å². The second-order valence-corrected chi connectivity index (χ2v) is 18.3. The summed E-state index contributed by atoms with van der Waals surface area (Å²) >= 11 is 0. The number of nitrogens with zero attached hydrogens (tertiary/aromatic N) is 2. The average molecular weight is 843 g/mol. The molecule has 13 nitrogen and oxygen atoms in total. The predicted octanol–water partition coefficient (Wildman–Crippen LogP) is 5.77. The zero-order valence-corrected chi connectivity index (χ0v) is 35.4. The first-order valence-corrected chi connectivity index (χ1v) is 21.2. The fraction of sp³-hybridized carbons (Fsp3) is 0.644. The Morgan fingerprint density at radius 1 is 0.917 bits per heavy atom. The number of hydrogen-bond donors (Lipinski definition) is 5. The van der Waals surface area contributed by atoms with E-state index in [0.29, 0.717) is 30.7 Å². The summed E-state index contributed by atoms with van der Waals surface area (Å²) in [6, 6.07) is 1.87. The van der Waals surface area contributed by atoms with E-state index < -0.39 is 105 Å². The largest absolute Gasteiger partial charge is 0.503 e. The van der Waals surface area contributed by atoms with Crippen LogP contribution < -0.4 is 5.63 Å². The molecular weight excluding hydrogens is 782 g/mol. The van der Waals surface area contributed by atoms with Gasteiger partial charge in [0.15, 0.2) is 22.9 Å². The monoisotopic (exact) mass is 842 g/mol. The number of benzene rings is 1. The lowest BCUT2D eigenvalue weighted by Gasteiger charge is -2.52. The highest BCUT2D eigenvalue weighted by Gasteiger charge is 2.86. The molecule has 2 saturated carbocycles. The highest BCUT2D eigenvalue weighted by molar-refractivity contribution is 6.05. The third-order valence-corrected chi connectivity index (χ3v) is 14.3. The van der Waals surface area contributed by atoms with E-state index in [-0.39, 0.29) is 17.4 Å². The molecule has 0 saturated heterocycles. The van der Waals surface area contributed by atoms with Crippen LogP contribution >= 0.6 is 0 Å². The summed E-state index contributed by atoms with van der Waals surface area (Å²) in [5.74, 6) is -8.18. The molecule has 1 aromatic heterocycles. The van der Waals surface area contributed by atoms with Crippen LogP contribution in [-0.2, 0) is 9.53 Å². The first-order chi connectivity index (χ1) is 28.2. The minimum absolute atomic E-state index is 0.139. The number of carbonyl (C=O) groups is 3. The zero-order valence-electron chi connectivity index (χ0n) is 35.4. The van der Waals surface area contributed by atoms with Crippen molar-refractivity contribution in [1.29, 1.82) is 0 Å². The van der Waals surface area contributed by atoms with Crippen molar-refractivity contribution in [1.82, 2.24) is 9.80 Å². The molecule has 0 bridgehead atoms. The SMILES string of the molecule is CC1=C[C@H]2[C@@]3(O)[C@H](C)[C@@H](O)[C@]4(OC(=O)N(C)CCCCCCCCCCCCN(C)C(=O)c5cc6cc(F)c(O)c(F)c6oc5=O)[C@H]([C@@H]3C=C(CO)C[C@]2(O)C1=O)C4(C)C. The molecule has 15 heteroatoms. The van der Waals surface area contributed by atoms with Crippen LogP contribution in [0.15, 0.2) is 44.6 Å². The van der Waals surface area contributed by atoms with E-state index in [1.807, 2.05) is 13.8 Å². The van der Waals surface area contributed by atoms with Gasteiger partial charge in [-0.3, -0.25) is 9.59 Å². The van der Waals surface area contributed by atoms with Crippen LogP contribution in [0.1, 0.15) is 109 Å². The number of unbranched alkanes of at least 4 members (excludes halogenated alkanes) is 9. The summed E-state index contributed by atoms with van der Waals surface area (Å²) in [6.07, 6.45) is 10.7. The molecule has 6 rings (SSSR count). The standard InChI is InChI=1S/C45H60F2N2O11/c1-25-19-32-43(57,37(25)52)23-27(24-50)20-30-36-42(3,4)45(36,38(53)26(2)44(30,32)58)60-41(56)49(6)18-16-14-12-10-8-7-9-11-13-15-17-48(5)39(54)29-21-28-22-31(46)34(51)33(47)35(28)59-40(29)55/h19-22,26,30,32,36,38,50-51,53,57-58H,7-18,23-24H2,1-6H3/t26-,30+,32-,36-,38-,43-,44-,45-/m1/s1. The van der Waals surface area contributed by atoms with Crippen molar-refractivity contribution in [3.8, 4) is 5.75 Å². The van der Waals surface area contributed by atoms with E-state index in [2.05, 4.69) is 0 Å². The summed E-state index contributed by atoms with van der Waals surface area (Å²) in [5.41, 5.74) is -7.08. The minimum Gasteiger partial charge on any atom is -0.503 e. The van der Waals surface area contributed by atoms with Gasteiger partial charge in [-0.1, -0.05) is 84.3 Å². The molecule has 1 aromatic carbocycles. The number of phenols is 1. The molecule has 1 heterocycles. The van der Waals surface area contributed by atoms with Gasteiger partial charge in [0, 0.05) is 68.1 Å². The van der Waals surface area contributed by atoms with Gasteiger partial charge in [-0.15, -0.1) is 0 Å². The predicted molar refractivity (Wildman–Crippen MR) is 217 cm³/mol. The van der Waals surface area contributed by atoms with Crippen molar-refractivity contribution < 1.29 is 57.9 Å². The van der Waals surface area contributed by atoms with E-state index in [4.69, 9.17) is 9.15 Å². The smallest absolute Gasteiger partial charge is 0.410 e. The third-order valence-electron chi connectivity index (χ3n) is 14.3. The number of rotatable bonds is 16. The van der Waals surface area contributed by atoms with Crippen LogP contribution in [0.4, 0.5) is 13.6 Å². The number of carbonyl (C=O) groups excluding carboxylic acids is 3. The molecule has 330 valence electrons. The third kappa shape index (κ3) is 7.47. The van der Waals surface area contributed by atoms with E-state index in [0.717, 1.165) is 69.9 Å². The lowest BCUT2D eigenvalue weighted by molar-refractivity contribution is -0.210. The second kappa shape index (κ2) is 16.9. The Balaban J connectivity index is 0.895. The van der Waals surface area contributed by atoms with Crippen molar-refractivity contribution in [2.24, 2.45) is 29.1 Å². The van der Waals surface area contributed by atoms with Gasteiger partial charge in [-0.2, -0.15) is 4.39 Å². The van der Waals surface area contributed by atoms with E-state index in [9.17, 15) is 53.5 Å². The second-order valence-electron chi connectivity index (χ2n) is 18.3. The Kier molecular flexibility index (Phi) is 12.8. The fourth-order valence-electron chi connectivity index (χ4n) is 10.7. The number of halogens is 2. The van der Waals surface area contributed by atoms with Crippen molar-refractivity contribution in [3.05, 3.63) is 63.0 Å². The van der Waals surface area contributed by atoms with Gasteiger partial charge in [0.25, 0.3) is 5.91 Å². The van der Waals surface area contributed by atoms with Crippen molar-refractivity contribution >= 4 is 28.8 Å². The number of aliphatic hydroxyl groups is 4. The van der Waals surface area contributed by atoms with Crippen molar-refractivity contribution in [2.45, 2.75) is 121 Å². The van der Waals surface area contributed by atoms with Crippen LogP contribution in [0.5, 0.6) is 5.75 Å². The number of ether oxygens (including phenoxy) is 1. The van der Waals surface area contributed by atoms with Gasteiger partial charge >= 0.3 is 11.7 Å². The maximum atomic E-state index is 14.1. The van der Waals surface area contributed by atoms with Crippen molar-refractivity contribution in [3.63, 3.8) is 0 Å². The van der Waals surface area contributed by atoms with Gasteiger partial charge in [0.2, 0.25) is 5.82 Å². The number of amides is 2. The fourth-order valence-corrected chi connectivity index (χ4v) is 10.7. The molecular formula is C45H60F2N2O11. The Bertz CT molecular complexity index is 2130. The quantitative estimate of drug-likeness (QED) is 0.0782. The number of aliphatic hydroxyl groups excluding tert-OH is 2. The summed E-state index contributed by atoms with van der Waals surface area (Å²) < 4.78 is 39.1. The molecule has 4 aliphatic rings. The first-order valence-electron chi connectivity index (χ1n) is 21.2. The molecule has 0 spiro atoms. The van der Waals surface area contributed by atoms with Crippen LogP contribution in [0.3, 0.4) is 0 Å². The lowest BCUT2D eigenvalue weighted by atomic mass is 9.59. The topological polar surface area (TPSA) is 198 Å². The van der Waals surface area contributed by atoms with Crippen LogP contribution in [0.25, 0.3) is 11.0 Å². The summed E-state index contributed by atoms with van der Waals surface area (Å²) in [6.45, 7) is 7.47. The Labute approximate surface area is 348 Å². The maximum Gasteiger partial charge on any atom is 0.410 e. The van der Waals surface area contributed by atoms with E-state index >= 15 is 0 Å². The molecule has 60 heavy (non-hydrogen) atoms. The number of fused-ring (bicyclic) bond motifs is 6. The molecule has 0 radical (unpaired) electrons. The number of ketones is 1. The molecule has 4 aliphatic carbocycles. The molecule has 0 unspecified atom stereocenters. The molecule has 2 amide bonds. The van der Waals surface area contributed by atoms with Gasteiger partial charge in [0.05, 0.1) is 12.2 Å². The molecule has 8 atom stereocenters. The minimum atomic E-state index is -1.95. The zero-order chi connectivity index (χ0) is 44.1. The van der Waals surface area contributed by atoms with Crippen LogP contribution in [0.2, 0.25) is 0 Å². The molecule has 0 aliphatic heterocycles. The van der Waals surface area contributed by atoms with Gasteiger partial charge in [0.1, 0.15) is 22.9 Å². The van der Waals surface area contributed by atoms with E-state index in [1.165, 1.54) is 9.80 Å². The Morgan fingerprint density at radius 2 is 1.48 bits per heavy atom. The highest BCUT2D eigenvalue weighted by atomic mass is 19.1. The molecule has 2 fully saturated rings. The molecule has 2 aromatic rings. The van der Waals surface area contributed by atoms with Crippen LogP contribution in [-0.4, -0.2) is 110 Å². The molecule has 5 N–H and O–H groups in total. The first kappa shape index (κ1) is 45.3.